The fraction of sp³-hybridized carbons (Fsp3) is 0.545. The van der Waals surface area contributed by atoms with Crippen molar-refractivity contribution in [3.05, 3.63) is 33.7 Å². The molecule has 0 amide bonds. The molecular formula is C11H16N2O. The minimum absolute atomic E-state index is 0.0120. The summed E-state index contributed by atoms with van der Waals surface area (Å²) in [5.74, 6) is 0. The molecule has 0 unspecified atom stereocenters. The van der Waals surface area contributed by atoms with Crippen molar-refractivity contribution in [1.29, 1.82) is 0 Å². The number of nitrogens with one attached hydrogen (secondary N) is 2. The van der Waals surface area contributed by atoms with E-state index in [4.69, 9.17) is 0 Å². The second-order valence-electron chi connectivity index (χ2n) is 3.91. The summed E-state index contributed by atoms with van der Waals surface area (Å²) < 4.78 is 0. The molecule has 1 aromatic rings. The molecule has 1 saturated heterocycles. The summed E-state index contributed by atoms with van der Waals surface area (Å²) in [4.78, 5) is 13.9. The summed E-state index contributed by atoms with van der Waals surface area (Å²) in [7, 11) is 0. The van der Waals surface area contributed by atoms with Gasteiger partial charge in [-0.3, -0.25) is 4.79 Å². The van der Waals surface area contributed by atoms with Gasteiger partial charge < -0.3 is 10.3 Å². The van der Waals surface area contributed by atoms with Gasteiger partial charge in [0.25, 0.3) is 0 Å². The van der Waals surface area contributed by atoms with Crippen LogP contribution in [0.25, 0.3) is 0 Å². The van der Waals surface area contributed by atoms with E-state index in [9.17, 15) is 4.79 Å². The maximum atomic E-state index is 11.0. The number of aryl methyl sites for hydroxylation is 1. The number of hydrogen-bond acceptors (Lipinski definition) is 2. The third-order valence-corrected chi connectivity index (χ3v) is 2.84. The van der Waals surface area contributed by atoms with Crippen LogP contribution in [0.2, 0.25) is 0 Å². The van der Waals surface area contributed by atoms with Crippen molar-refractivity contribution in [3.63, 3.8) is 0 Å². The number of piperidine rings is 1. The smallest absolute Gasteiger partial charge is 0.248 e. The number of pyridine rings is 1. The van der Waals surface area contributed by atoms with E-state index in [0.717, 1.165) is 12.2 Å². The highest BCUT2D eigenvalue weighted by molar-refractivity contribution is 5.22. The molecule has 0 spiro atoms. The zero-order chi connectivity index (χ0) is 9.97. The van der Waals surface area contributed by atoms with Gasteiger partial charge in [0.1, 0.15) is 0 Å². The molecule has 1 aliphatic heterocycles. The van der Waals surface area contributed by atoms with Crippen LogP contribution in [0.5, 0.6) is 0 Å². The van der Waals surface area contributed by atoms with Crippen molar-refractivity contribution in [3.8, 4) is 0 Å². The average Bonchev–Trinajstić information content (AvgIpc) is 2.19. The van der Waals surface area contributed by atoms with Crippen LogP contribution in [0.1, 0.15) is 36.6 Å². The first-order valence-corrected chi connectivity index (χ1v) is 5.20. The highest BCUT2D eigenvalue weighted by Gasteiger charge is 2.16. The molecule has 1 aliphatic rings. The Labute approximate surface area is 83.5 Å². The zero-order valence-electron chi connectivity index (χ0n) is 8.47. The highest BCUT2D eigenvalue weighted by Crippen LogP contribution is 2.23. The van der Waals surface area contributed by atoms with E-state index < -0.39 is 0 Å². The van der Waals surface area contributed by atoms with Gasteiger partial charge in [0, 0.05) is 17.8 Å². The lowest BCUT2D eigenvalue weighted by atomic mass is 9.97. The topological polar surface area (TPSA) is 44.9 Å². The van der Waals surface area contributed by atoms with Crippen molar-refractivity contribution in [1.82, 2.24) is 10.3 Å². The molecular weight excluding hydrogens is 176 g/mol. The third kappa shape index (κ3) is 1.87. The Morgan fingerprint density at radius 2 is 2.21 bits per heavy atom. The zero-order valence-corrected chi connectivity index (χ0v) is 8.47. The highest BCUT2D eigenvalue weighted by atomic mass is 16.1. The van der Waals surface area contributed by atoms with Crippen LogP contribution < -0.4 is 10.9 Å². The number of H-pyrrole nitrogens is 1. The minimum atomic E-state index is -0.0120. The summed E-state index contributed by atoms with van der Waals surface area (Å²) in [6.07, 6.45) is 3.71. The van der Waals surface area contributed by atoms with Crippen molar-refractivity contribution < 1.29 is 0 Å². The lowest BCUT2D eigenvalue weighted by molar-refractivity contribution is 0.410. The molecule has 2 rings (SSSR count). The second kappa shape index (κ2) is 3.96. The van der Waals surface area contributed by atoms with Crippen molar-refractivity contribution in [2.45, 2.75) is 32.2 Å². The molecule has 0 saturated carbocycles. The predicted molar refractivity (Wildman–Crippen MR) is 56.4 cm³/mol. The molecule has 76 valence electrons. The molecule has 2 heterocycles. The first-order valence-electron chi connectivity index (χ1n) is 5.20. The van der Waals surface area contributed by atoms with Gasteiger partial charge in [-0.2, -0.15) is 0 Å². The predicted octanol–water partition coefficient (Wildman–Crippen LogP) is 1.50. The normalized spacial score (nSPS) is 22.2. The molecule has 1 fully saturated rings. The van der Waals surface area contributed by atoms with Gasteiger partial charge in [0.2, 0.25) is 5.56 Å². The molecule has 1 atom stereocenters. The van der Waals surface area contributed by atoms with Crippen molar-refractivity contribution >= 4 is 0 Å². The minimum Gasteiger partial charge on any atom is -0.326 e. The number of aromatic amines is 1. The van der Waals surface area contributed by atoms with E-state index in [1.807, 2.05) is 13.0 Å². The summed E-state index contributed by atoms with van der Waals surface area (Å²) in [5, 5.41) is 3.47. The van der Waals surface area contributed by atoms with Gasteiger partial charge in [0.15, 0.2) is 0 Å². The Balaban J connectivity index is 2.26. The Kier molecular flexibility index (Phi) is 2.68. The van der Waals surface area contributed by atoms with E-state index in [-0.39, 0.29) is 5.56 Å². The molecule has 3 heteroatoms. The quantitative estimate of drug-likeness (QED) is 0.708. The third-order valence-electron chi connectivity index (χ3n) is 2.84. The van der Waals surface area contributed by atoms with Crippen LogP contribution in [0.3, 0.4) is 0 Å². The second-order valence-corrected chi connectivity index (χ2v) is 3.91. The lowest BCUT2D eigenvalue weighted by Crippen LogP contribution is -2.28. The van der Waals surface area contributed by atoms with Gasteiger partial charge in [-0.1, -0.05) is 12.5 Å². The van der Waals surface area contributed by atoms with E-state index in [1.54, 1.807) is 6.07 Å². The van der Waals surface area contributed by atoms with Gasteiger partial charge >= 0.3 is 0 Å². The summed E-state index contributed by atoms with van der Waals surface area (Å²) in [6.45, 7) is 3.05. The molecule has 2 N–H and O–H groups in total. The molecule has 0 aliphatic carbocycles. The Bertz CT molecular complexity index is 364. The molecule has 14 heavy (non-hydrogen) atoms. The first kappa shape index (κ1) is 9.46. The number of rotatable bonds is 1. The summed E-state index contributed by atoms with van der Waals surface area (Å²) in [5.41, 5.74) is 2.23. The van der Waals surface area contributed by atoms with Gasteiger partial charge in [-0.25, -0.2) is 0 Å². The Morgan fingerprint density at radius 1 is 1.36 bits per heavy atom. The van der Waals surface area contributed by atoms with E-state index in [1.165, 1.54) is 24.8 Å². The molecule has 0 radical (unpaired) electrons. The van der Waals surface area contributed by atoms with Crippen LogP contribution >= 0.6 is 0 Å². The van der Waals surface area contributed by atoms with Crippen LogP contribution in [0, 0.1) is 6.92 Å². The lowest BCUT2D eigenvalue weighted by Gasteiger charge is -2.24. The SMILES string of the molecule is Cc1[nH]c(=O)ccc1[C@H]1CCCCN1. The van der Waals surface area contributed by atoms with Crippen LogP contribution in [0.4, 0.5) is 0 Å². The Morgan fingerprint density at radius 3 is 2.86 bits per heavy atom. The number of aromatic nitrogens is 1. The van der Waals surface area contributed by atoms with Crippen LogP contribution in [0.15, 0.2) is 16.9 Å². The molecule has 3 nitrogen and oxygen atoms in total. The maximum absolute atomic E-state index is 11.0. The molecule has 1 aromatic heterocycles. The first-order chi connectivity index (χ1) is 6.77. The largest absolute Gasteiger partial charge is 0.326 e. The van der Waals surface area contributed by atoms with Crippen LogP contribution in [-0.2, 0) is 0 Å². The van der Waals surface area contributed by atoms with E-state index in [2.05, 4.69) is 10.3 Å². The Hall–Kier alpha value is -1.09. The van der Waals surface area contributed by atoms with Crippen LogP contribution in [-0.4, -0.2) is 11.5 Å². The van der Waals surface area contributed by atoms with E-state index in [0.29, 0.717) is 6.04 Å². The van der Waals surface area contributed by atoms with Crippen molar-refractivity contribution in [2.75, 3.05) is 6.54 Å². The summed E-state index contributed by atoms with van der Waals surface area (Å²) in [6, 6.07) is 3.98. The standard InChI is InChI=1S/C11H16N2O/c1-8-9(5-6-11(14)13-8)10-4-2-3-7-12-10/h5-6,10,12H,2-4,7H2,1H3,(H,13,14)/t10-/m1/s1. The van der Waals surface area contributed by atoms with Crippen molar-refractivity contribution in [2.24, 2.45) is 0 Å². The fourth-order valence-electron chi connectivity index (χ4n) is 2.08. The maximum Gasteiger partial charge on any atom is 0.248 e. The van der Waals surface area contributed by atoms with Gasteiger partial charge in [0.05, 0.1) is 0 Å². The monoisotopic (exact) mass is 192 g/mol. The summed E-state index contributed by atoms with van der Waals surface area (Å²) >= 11 is 0. The molecule has 0 bridgehead atoms. The average molecular weight is 192 g/mol. The fourth-order valence-corrected chi connectivity index (χ4v) is 2.08. The van der Waals surface area contributed by atoms with E-state index >= 15 is 0 Å². The van der Waals surface area contributed by atoms with Gasteiger partial charge in [-0.05, 0) is 31.9 Å². The number of hydrogen-bond donors (Lipinski definition) is 2. The van der Waals surface area contributed by atoms with Gasteiger partial charge in [-0.15, -0.1) is 0 Å². The molecule has 0 aromatic carbocycles.